The summed E-state index contributed by atoms with van der Waals surface area (Å²) >= 11 is 5.72. The minimum Gasteiger partial charge on any atom is -0.481 e. The molecule has 1 N–H and O–H groups in total. The van der Waals surface area contributed by atoms with Crippen molar-refractivity contribution in [1.29, 1.82) is 0 Å². The highest BCUT2D eigenvalue weighted by atomic mass is 35.5. The summed E-state index contributed by atoms with van der Waals surface area (Å²) in [6.07, 6.45) is -4.95. The first kappa shape index (κ1) is 13.6. The van der Waals surface area contributed by atoms with Crippen LogP contribution in [0.5, 0.6) is 5.75 Å². The van der Waals surface area contributed by atoms with Crippen molar-refractivity contribution in [2.24, 2.45) is 0 Å². The maximum atomic E-state index is 11.9. The maximum absolute atomic E-state index is 11.9. The predicted octanol–water partition coefficient (Wildman–Crippen LogP) is 3.26. The molecule has 1 aromatic carbocycles. The van der Waals surface area contributed by atoms with Gasteiger partial charge >= 0.3 is 12.3 Å². The Morgan fingerprint density at radius 3 is 2.59 bits per heavy atom. The van der Waals surface area contributed by atoms with Gasteiger partial charge in [-0.05, 0) is 30.2 Å². The topological polar surface area (TPSA) is 46.5 Å². The highest BCUT2D eigenvalue weighted by Gasteiger charge is 2.31. The summed E-state index contributed by atoms with van der Waals surface area (Å²) in [7, 11) is 0. The molecule has 0 atom stereocenters. The summed E-state index contributed by atoms with van der Waals surface area (Å²) in [4.78, 5) is 10.3. The van der Waals surface area contributed by atoms with Gasteiger partial charge < -0.3 is 9.84 Å². The highest BCUT2D eigenvalue weighted by molar-refractivity contribution is 6.31. The second-order valence-corrected chi connectivity index (χ2v) is 3.60. The van der Waals surface area contributed by atoms with Gasteiger partial charge in [0.15, 0.2) is 0 Å². The number of halogens is 4. The molecule has 17 heavy (non-hydrogen) atoms. The van der Waals surface area contributed by atoms with Crippen molar-refractivity contribution in [2.75, 3.05) is 0 Å². The molecule has 1 rings (SSSR count). The normalized spacial score (nSPS) is 11.3. The molecule has 0 saturated carbocycles. The van der Waals surface area contributed by atoms with Crippen LogP contribution in [0.4, 0.5) is 13.2 Å². The van der Waals surface area contributed by atoms with Crippen LogP contribution in [0.2, 0.25) is 5.02 Å². The molecule has 0 spiro atoms. The number of rotatable bonds is 4. The van der Waals surface area contributed by atoms with Crippen molar-refractivity contribution in [3.63, 3.8) is 0 Å². The van der Waals surface area contributed by atoms with Crippen LogP contribution in [0.3, 0.4) is 0 Å². The second-order valence-electron chi connectivity index (χ2n) is 3.19. The van der Waals surface area contributed by atoms with Crippen molar-refractivity contribution in [3.05, 3.63) is 28.8 Å². The minimum absolute atomic E-state index is 0.0449. The van der Waals surface area contributed by atoms with Gasteiger partial charge in [-0.2, -0.15) is 0 Å². The van der Waals surface area contributed by atoms with Crippen molar-refractivity contribution in [1.82, 2.24) is 0 Å². The number of carbonyl (C=O) groups is 1. The fourth-order valence-electron chi connectivity index (χ4n) is 1.18. The van der Waals surface area contributed by atoms with E-state index < -0.39 is 18.1 Å². The maximum Gasteiger partial charge on any atom is 0.573 e. The Kier molecular flexibility index (Phi) is 4.22. The standard InChI is InChI=1S/C10H8ClF3O3/c11-8-3-2-7(17-10(12,13)14)5-6(8)1-4-9(15)16/h2-3,5H,1,4H2,(H,15,16). The van der Waals surface area contributed by atoms with Crippen LogP contribution in [0, 0.1) is 0 Å². The summed E-state index contributed by atoms with van der Waals surface area (Å²) in [5, 5.41) is 8.68. The molecule has 0 saturated heterocycles. The van der Waals surface area contributed by atoms with Crippen LogP contribution in [0.1, 0.15) is 12.0 Å². The van der Waals surface area contributed by atoms with E-state index >= 15 is 0 Å². The lowest BCUT2D eigenvalue weighted by molar-refractivity contribution is -0.274. The quantitative estimate of drug-likeness (QED) is 0.912. The molecule has 0 unspecified atom stereocenters. The number of carboxylic acid groups (broad SMARTS) is 1. The Hall–Kier alpha value is -1.43. The Labute approximate surface area is 99.8 Å². The average molecular weight is 269 g/mol. The zero-order chi connectivity index (χ0) is 13.1. The van der Waals surface area contributed by atoms with E-state index in [0.29, 0.717) is 5.56 Å². The van der Waals surface area contributed by atoms with E-state index in [-0.39, 0.29) is 17.9 Å². The third-order valence-electron chi connectivity index (χ3n) is 1.86. The van der Waals surface area contributed by atoms with Crippen molar-refractivity contribution >= 4 is 17.6 Å². The molecule has 1 aromatic rings. The fourth-order valence-corrected chi connectivity index (χ4v) is 1.39. The van der Waals surface area contributed by atoms with Crippen LogP contribution in [0.25, 0.3) is 0 Å². The molecule has 3 nitrogen and oxygen atoms in total. The van der Waals surface area contributed by atoms with Crippen molar-refractivity contribution in [3.8, 4) is 5.75 Å². The van der Waals surface area contributed by atoms with E-state index in [9.17, 15) is 18.0 Å². The molecular weight excluding hydrogens is 261 g/mol. The van der Waals surface area contributed by atoms with Gasteiger partial charge in [0, 0.05) is 11.4 Å². The number of aryl methyl sites for hydroxylation is 1. The Morgan fingerprint density at radius 2 is 2.06 bits per heavy atom. The van der Waals surface area contributed by atoms with Gasteiger partial charge in [0.05, 0.1) is 0 Å². The molecule has 0 fully saturated rings. The predicted molar refractivity (Wildman–Crippen MR) is 54.1 cm³/mol. The molecule has 0 aliphatic heterocycles. The van der Waals surface area contributed by atoms with Gasteiger partial charge in [0.25, 0.3) is 0 Å². The molecule has 0 aromatic heterocycles. The van der Waals surface area contributed by atoms with Crippen LogP contribution in [-0.2, 0) is 11.2 Å². The third kappa shape index (κ3) is 4.95. The lowest BCUT2D eigenvalue weighted by atomic mass is 10.1. The van der Waals surface area contributed by atoms with Crippen LogP contribution >= 0.6 is 11.6 Å². The molecule has 7 heteroatoms. The van der Waals surface area contributed by atoms with Gasteiger partial charge in [-0.15, -0.1) is 13.2 Å². The SMILES string of the molecule is O=C(O)CCc1cc(OC(F)(F)F)ccc1Cl. The summed E-state index contributed by atoms with van der Waals surface area (Å²) in [6, 6.07) is 3.39. The van der Waals surface area contributed by atoms with Gasteiger partial charge in [-0.1, -0.05) is 11.6 Å². The van der Waals surface area contributed by atoms with E-state index in [1.54, 1.807) is 0 Å². The summed E-state index contributed by atoms with van der Waals surface area (Å²) in [6.45, 7) is 0. The monoisotopic (exact) mass is 268 g/mol. The lowest BCUT2D eigenvalue weighted by Gasteiger charge is -2.10. The molecular formula is C10H8ClF3O3. The zero-order valence-corrected chi connectivity index (χ0v) is 9.18. The smallest absolute Gasteiger partial charge is 0.481 e. The lowest BCUT2D eigenvalue weighted by Crippen LogP contribution is -2.17. The van der Waals surface area contributed by atoms with Crippen LogP contribution in [-0.4, -0.2) is 17.4 Å². The van der Waals surface area contributed by atoms with E-state index in [4.69, 9.17) is 16.7 Å². The van der Waals surface area contributed by atoms with Gasteiger partial charge in [-0.25, -0.2) is 0 Å². The van der Waals surface area contributed by atoms with Gasteiger partial charge in [0.2, 0.25) is 0 Å². The molecule has 0 radical (unpaired) electrons. The summed E-state index contributed by atoms with van der Waals surface area (Å²) < 4.78 is 39.5. The number of hydrogen-bond acceptors (Lipinski definition) is 2. The summed E-state index contributed by atoms with van der Waals surface area (Å²) in [5.41, 5.74) is 0.302. The van der Waals surface area contributed by atoms with Gasteiger partial charge in [-0.3, -0.25) is 4.79 Å². The number of alkyl halides is 3. The minimum atomic E-state index is -4.78. The molecule has 0 heterocycles. The number of hydrogen-bond donors (Lipinski definition) is 1. The first-order chi connectivity index (χ1) is 7.78. The molecule has 94 valence electrons. The zero-order valence-electron chi connectivity index (χ0n) is 8.42. The number of ether oxygens (including phenoxy) is 1. The second kappa shape index (κ2) is 5.27. The largest absolute Gasteiger partial charge is 0.573 e. The van der Waals surface area contributed by atoms with E-state index in [0.717, 1.165) is 12.1 Å². The Morgan fingerprint density at radius 1 is 1.41 bits per heavy atom. The number of aliphatic carboxylic acids is 1. The molecule has 0 amide bonds. The number of carboxylic acids is 1. The summed E-state index contributed by atoms with van der Waals surface area (Å²) in [5.74, 6) is -1.47. The molecule has 0 bridgehead atoms. The van der Waals surface area contributed by atoms with Crippen molar-refractivity contribution in [2.45, 2.75) is 19.2 Å². The average Bonchev–Trinajstić information content (AvgIpc) is 2.16. The first-order valence-electron chi connectivity index (χ1n) is 4.54. The van der Waals surface area contributed by atoms with Crippen LogP contribution < -0.4 is 4.74 Å². The van der Waals surface area contributed by atoms with E-state index in [1.807, 2.05) is 0 Å². The van der Waals surface area contributed by atoms with E-state index in [1.165, 1.54) is 6.07 Å². The fraction of sp³-hybridized carbons (Fsp3) is 0.300. The van der Waals surface area contributed by atoms with Crippen molar-refractivity contribution < 1.29 is 27.8 Å². The van der Waals surface area contributed by atoms with E-state index in [2.05, 4.69) is 4.74 Å². The Bertz CT molecular complexity index is 418. The molecule has 0 aliphatic rings. The third-order valence-corrected chi connectivity index (χ3v) is 2.23. The number of benzene rings is 1. The Balaban J connectivity index is 2.83. The van der Waals surface area contributed by atoms with Crippen LogP contribution in [0.15, 0.2) is 18.2 Å². The van der Waals surface area contributed by atoms with Gasteiger partial charge in [0.1, 0.15) is 5.75 Å². The molecule has 0 aliphatic carbocycles. The first-order valence-corrected chi connectivity index (χ1v) is 4.92. The highest BCUT2D eigenvalue weighted by Crippen LogP contribution is 2.27.